The van der Waals surface area contributed by atoms with Gasteiger partial charge in [0.05, 0.1) is 6.54 Å². The summed E-state index contributed by atoms with van der Waals surface area (Å²) in [4.78, 5) is 19.8. The van der Waals surface area contributed by atoms with Gasteiger partial charge in [0, 0.05) is 24.3 Å². The van der Waals surface area contributed by atoms with Crippen molar-refractivity contribution in [1.29, 1.82) is 0 Å². The lowest BCUT2D eigenvalue weighted by atomic mass is 10.1. The van der Waals surface area contributed by atoms with Crippen LogP contribution in [0, 0.1) is 12.7 Å². The molecule has 1 atom stereocenters. The summed E-state index contributed by atoms with van der Waals surface area (Å²) in [6, 6.07) is 23.1. The van der Waals surface area contributed by atoms with Crippen LogP contribution in [0.5, 0.6) is 0 Å². The molecule has 0 unspecified atom stereocenters. The van der Waals surface area contributed by atoms with Crippen LogP contribution in [0.3, 0.4) is 0 Å². The second-order valence-corrected chi connectivity index (χ2v) is 8.52. The minimum absolute atomic E-state index is 0. The lowest BCUT2D eigenvalue weighted by Crippen LogP contribution is -2.43. The molecule has 0 spiro atoms. The van der Waals surface area contributed by atoms with Crippen LogP contribution in [0.1, 0.15) is 23.0 Å². The predicted molar refractivity (Wildman–Crippen MR) is 141 cm³/mol. The predicted octanol–water partition coefficient (Wildman–Crippen LogP) is 4.90. The topological polar surface area (TPSA) is 76.2 Å². The monoisotopic (exact) mass is 489 g/mol. The lowest BCUT2D eigenvalue weighted by molar-refractivity contribution is -0.134. The van der Waals surface area contributed by atoms with E-state index in [1.54, 1.807) is 17.0 Å². The summed E-state index contributed by atoms with van der Waals surface area (Å²) in [5.41, 5.74) is 10.7. The van der Waals surface area contributed by atoms with E-state index in [0.29, 0.717) is 19.6 Å². The fourth-order valence-electron chi connectivity index (χ4n) is 4.23. The average Bonchev–Trinajstić information content (AvgIpc) is 3.23. The van der Waals surface area contributed by atoms with E-state index in [4.69, 9.17) is 10.7 Å². The largest absolute Gasteiger partial charge is 0.340 e. The molecule has 180 valence electrons. The normalized spacial score (nSPS) is 13.5. The number of aryl methyl sites for hydroxylation is 1. The number of nitrogens with one attached hydrogen (secondary N) is 1. The van der Waals surface area contributed by atoms with Crippen molar-refractivity contribution in [1.82, 2.24) is 14.5 Å². The zero-order valence-corrected chi connectivity index (χ0v) is 20.4. The van der Waals surface area contributed by atoms with Gasteiger partial charge in [-0.3, -0.25) is 4.79 Å². The van der Waals surface area contributed by atoms with Crippen molar-refractivity contribution in [2.75, 3.05) is 11.9 Å². The summed E-state index contributed by atoms with van der Waals surface area (Å²) in [6.07, 6.45) is 0. The van der Waals surface area contributed by atoms with E-state index in [-0.39, 0.29) is 25.2 Å². The molecule has 4 aromatic rings. The first-order valence-corrected chi connectivity index (χ1v) is 11.3. The van der Waals surface area contributed by atoms with Gasteiger partial charge >= 0.3 is 0 Å². The molecule has 8 heteroatoms. The second-order valence-electron chi connectivity index (χ2n) is 8.52. The fraction of sp³-hybridized carbons (Fsp3) is 0.185. The smallest absolute Gasteiger partial charge is 0.244 e. The molecule has 3 N–H and O–H groups in total. The van der Waals surface area contributed by atoms with E-state index in [0.717, 1.165) is 34.2 Å². The number of benzene rings is 3. The van der Waals surface area contributed by atoms with E-state index >= 15 is 0 Å². The van der Waals surface area contributed by atoms with E-state index in [1.165, 1.54) is 17.7 Å². The zero-order valence-electron chi connectivity index (χ0n) is 19.4. The number of amides is 1. The molecule has 0 fully saturated rings. The van der Waals surface area contributed by atoms with E-state index in [9.17, 15) is 9.18 Å². The maximum atomic E-state index is 13.6. The highest BCUT2D eigenvalue weighted by Crippen LogP contribution is 2.33. The number of nitrogens with two attached hydrogens (primary N) is 1. The Balaban J connectivity index is 0.00000289. The minimum atomic E-state index is -0.718. The van der Waals surface area contributed by atoms with Crippen LogP contribution in [0.25, 0.3) is 11.3 Å². The number of aromatic nitrogens is 2. The maximum Gasteiger partial charge on any atom is 0.244 e. The number of hydrogen-bond acceptors (Lipinski definition) is 4. The third-order valence-electron chi connectivity index (χ3n) is 6.14. The van der Waals surface area contributed by atoms with Crippen LogP contribution >= 0.6 is 13.5 Å². The molecule has 6 nitrogen and oxygen atoms in total. The number of carbonyl (C=O) groups is 1. The quantitative estimate of drug-likeness (QED) is 0.418. The highest BCUT2D eigenvalue weighted by atomic mass is 32.1. The van der Waals surface area contributed by atoms with Crippen molar-refractivity contribution >= 4 is 30.9 Å². The summed E-state index contributed by atoms with van der Waals surface area (Å²) >= 11 is 0. The summed E-state index contributed by atoms with van der Waals surface area (Å²) in [5.74, 6) is 1.16. The third-order valence-corrected chi connectivity index (χ3v) is 6.14. The fourth-order valence-corrected chi connectivity index (χ4v) is 4.23. The van der Waals surface area contributed by atoms with Gasteiger partial charge in [0.2, 0.25) is 5.91 Å². The van der Waals surface area contributed by atoms with Crippen LogP contribution < -0.4 is 11.1 Å². The van der Waals surface area contributed by atoms with Crippen molar-refractivity contribution in [3.05, 3.63) is 102 Å². The van der Waals surface area contributed by atoms with Gasteiger partial charge in [-0.2, -0.15) is 13.5 Å². The Kier molecular flexibility index (Phi) is 7.23. The molecule has 0 aliphatic carbocycles. The Morgan fingerprint density at radius 1 is 1.00 bits per heavy atom. The molecule has 2 heterocycles. The maximum absolute atomic E-state index is 13.6. The Bertz CT molecular complexity index is 1310. The zero-order chi connectivity index (χ0) is 23.7. The van der Waals surface area contributed by atoms with Gasteiger partial charge in [-0.15, -0.1) is 0 Å². The van der Waals surface area contributed by atoms with Gasteiger partial charge in [0.15, 0.2) is 0 Å². The van der Waals surface area contributed by atoms with Crippen molar-refractivity contribution in [2.24, 2.45) is 5.73 Å². The molecule has 0 saturated heterocycles. The number of fused-ring (bicyclic) bond motifs is 1. The molecule has 1 aliphatic rings. The second kappa shape index (κ2) is 10.3. The van der Waals surface area contributed by atoms with Gasteiger partial charge in [-0.25, -0.2) is 9.37 Å². The molecule has 35 heavy (non-hydrogen) atoms. The summed E-state index contributed by atoms with van der Waals surface area (Å²) in [6.45, 7) is 3.49. The number of hydrogen-bond donors (Lipinski definition) is 2. The van der Waals surface area contributed by atoms with Gasteiger partial charge in [0.25, 0.3) is 0 Å². The molecular weight excluding hydrogens is 461 g/mol. The number of carbonyl (C=O) groups excluding carboxylic acids is 1. The number of nitrogens with zero attached hydrogens (tertiary/aromatic N) is 3. The van der Waals surface area contributed by atoms with E-state index < -0.39 is 6.04 Å². The summed E-state index contributed by atoms with van der Waals surface area (Å²) in [5, 5.41) is 3.49. The molecule has 1 aromatic heterocycles. The van der Waals surface area contributed by atoms with E-state index in [2.05, 4.69) is 9.88 Å². The van der Waals surface area contributed by atoms with Crippen molar-refractivity contribution < 1.29 is 9.18 Å². The molecule has 0 radical (unpaired) electrons. The highest BCUT2D eigenvalue weighted by molar-refractivity contribution is 7.59. The Hall–Kier alpha value is -3.62. The first kappa shape index (κ1) is 24.5. The van der Waals surface area contributed by atoms with Gasteiger partial charge in [0.1, 0.15) is 29.2 Å². The molecule has 1 amide bonds. The molecular formula is C27H28FN5OS. The summed E-state index contributed by atoms with van der Waals surface area (Å²) < 4.78 is 15.7. The van der Waals surface area contributed by atoms with Crippen LogP contribution in [0.2, 0.25) is 0 Å². The first-order chi connectivity index (χ1) is 16.5. The molecule has 0 bridgehead atoms. The van der Waals surface area contributed by atoms with Crippen molar-refractivity contribution in [3.63, 3.8) is 0 Å². The number of anilines is 2. The van der Waals surface area contributed by atoms with Crippen LogP contribution in [-0.2, 0) is 17.9 Å². The minimum Gasteiger partial charge on any atom is -0.340 e. The molecule has 1 aliphatic heterocycles. The standard InChI is InChI=1S/C27H26FN5O.H2S/c1-18-7-13-22(14-8-18)30-26-25(20-9-11-21(28)12-10-20)31-23-17-32(15-16-33(23)26)27(34)24(29)19-5-3-2-4-6-19;/h2-14,24,30H,15-17,29H2,1H3;1H2/t24-;/m0./s1. The average molecular weight is 490 g/mol. The first-order valence-electron chi connectivity index (χ1n) is 11.3. The highest BCUT2D eigenvalue weighted by Gasteiger charge is 2.29. The van der Waals surface area contributed by atoms with Crippen molar-refractivity contribution in [3.8, 4) is 11.3 Å². The van der Waals surface area contributed by atoms with Crippen LogP contribution in [0.4, 0.5) is 15.9 Å². The Morgan fingerprint density at radius 2 is 1.69 bits per heavy atom. The van der Waals surface area contributed by atoms with Gasteiger partial charge in [-0.05, 0) is 48.9 Å². The third kappa shape index (κ3) is 5.08. The molecule has 0 saturated carbocycles. The number of halogens is 1. The number of rotatable bonds is 5. The SMILES string of the molecule is Cc1ccc(Nc2c(-c3ccc(F)cc3)nc3n2CCN(C(=O)[C@@H](N)c2ccccc2)C3)cc1.S. The Morgan fingerprint density at radius 3 is 2.37 bits per heavy atom. The van der Waals surface area contributed by atoms with Crippen LogP contribution in [0.15, 0.2) is 78.9 Å². The number of imidazole rings is 1. The van der Waals surface area contributed by atoms with Gasteiger partial charge in [-0.1, -0.05) is 48.0 Å². The Labute approximate surface area is 211 Å². The van der Waals surface area contributed by atoms with Crippen LogP contribution in [-0.4, -0.2) is 26.9 Å². The van der Waals surface area contributed by atoms with E-state index in [1.807, 2.05) is 61.5 Å². The summed E-state index contributed by atoms with van der Waals surface area (Å²) in [7, 11) is 0. The van der Waals surface area contributed by atoms with Crippen molar-refractivity contribution in [2.45, 2.75) is 26.1 Å². The van der Waals surface area contributed by atoms with Gasteiger partial charge < -0.3 is 20.5 Å². The lowest BCUT2D eigenvalue weighted by Gasteiger charge is -2.30. The molecule has 3 aromatic carbocycles. The molecule has 5 rings (SSSR count).